The van der Waals surface area contributed by atoms with Gasteiger partial charge in [0.2, 0.25) is 5.88 Å². The summed E-state index contributed by atoms with van der Waals surface area (Å²) >= 11 is 0. The van der Waals surface area contributed by atoms with Crippen LogP contribution < -0.4 is 10.1 Å². The summed E-state index contributed by atoms with van der Waals surface area (Å²) in [5.41, 5.74) is 3.41. The van der Waals surface area contributed by atoms with Crippen LogP contribution in [0.5, 0.6) is 5.88 Å². The highest BCUT2D eigenvalue weighted by molar-refractivity contribution is 5.65. The second-order valence-electron chi connectivity index (χ2n) is 5.59. The van der Waals surface area contributed by atoms with Crippen molar-refractivity contribution in [2.45, 2.75) is 38.2 Å². The van der Waals surface area contributed by atoms with Crippen LogP contribution in [0.2, 0.25) is 0 Å². The van der Waals surface area contributed by atoms with Crippen molar-refractivity contribution in [1.29, 1.82) is 0 Å². The van der Waals surface area contributed by atoms with Crippen LogP contribution >= 0.6 is 0 Å². The van der Waals surface area contributed by atoms with Crippen molar-refractivity contribution in [2.24, 2.45) is 0 Å². The molecule has 0 atom stereocenters. The Balaban J connectivity index is 1.67. The predicted molar refractivity (Wildman–Crippen MR) is 86.7 cm³/mol. The van der Waals surface area contributed by atoms with Gasteiger partial charge in [-0.05, 0) is 49.4 Å². The number of nitrogens with zero attached hydrogens (tertiary/aromatic N) is 1. The molecule has 1 N–H and O–H groups in total. The van der Waals surface area contributed by atoms with Gasteiger partial charge >= 0.3 is 0 Å². The molecule has 1 aromatic heterocycles. The van der Waals surface area contributed by atoms with Crippen molar-refractivity contribution in [3.63, 3.8) is 0 Å². The number of nitrogens with one attached hydrogen (secondary N) is 1. The molecule has 1 fully saturated rings. The van der Waals surface area contributed by atoms with Gasteiger partial charge in [-0.2, -0.15) is 0 Å². The highest BCUT2D eigenvalue weighted by Crippen LogP contribution is 2.25. The largest absolute Gasteiger partial charge is 0.474 e. The molecule has 1 saturated carbocycles. The quantitative estimate of drug-likeness (QED) is 0.896. The van der Waals surface area contributed by atoms with Crippen LogP contribution in [-0.2, 0) is 0 Å². The molecule has 1 heterocycles. The van der Waals surface area contributed by atoms with Crippen LogP contribution in [0, 0.1) is 0 Å². The Kier molecular flexibility index (Phi) is 4.39. The lowest BCUT2D eigenvalue weighted by Gasteiger charge is -2.22. The molecule has 1 aromatic carbocycles. The molecule has 3 heteroatoms. The summed E-state index contributed by atoms with van der Waals surface area (Å²) in [5.74, 6) is 0.748. The Morgan fingerprint density at radius 2 is 1.67 bits per heavy atom. The van der Waals surface area contributed by atoms with Gasteiger partial charge in [0, 0.05) is 30.6 Å². The monoisotopic (exact) mass is 282 g/mol. The Hall–Kier alpha value is -2.03. The fraction of sp³-hybridized carbons (Fsp3) is 0.389. The molecule has 1 aliphatic rings. The molecule has 1 aliphatic carbocycles. The first kappa shape index (κ1) is 13.9. The van der Waals surface area contributed by atoms with Crippen LogP contribution in [0.4, 0.5) is 5.69 Å². The molecule has 21 heavy (non-hydrogen) atoms. The van der Waals surface area contributed by atoms with E-state index in [0.29, 0.717) is 6.10 Å². The number of anilines is 1. The van der Waals surface area contributed by atoms with E-state index in [-0.39, 0.29) is 0 Å². The first-order chi connectivity index (χ1) is 10.3. The van der Waals surface area contributed by atoms with E-state index in [1.54, 1.807) is 0 Å². The van der Waals surface area contributed by atoms with Crippen LogP contribution in [0.15, 0.2) is 42.6 Å². The Morgan fingerprint density at radius 3 is 2.29 bits per heavy atom. The van der Waals surface area contributed by atoms with Gasteiger partial charge in [0.05, 0.1) is 0 Å². The standard InChI is InChI=1S/C18H22N2O/c1-19-16-10-7-14(8-11-16)15-9-12-18(20-13-15)21-17-5-3-2-4-6-17/h7-13,17,19H,2-6H2,1H3. The van der Waals surface area contributed by atoms with E-state index in [4.69, 9.17) is 4.74 Å². The summed E-state index contributed by atoms with van der Waals surface area (Å²) in [4.78, 5) is 4.45. The third kappa shape index (κ3) is 3.54. The zero-order chi connectivity index (χ0) is 14.5. The maximum Gasteiger partial charge on any atom is 0.213 e. The Labute approximate surface area is 126 Å². The highest BCUT2D eigenvalue weighted by Gasteiger charge is 2.15. The fourth-order valence-corrected chi connectivity index (χ4v) is 2.80. The second-order valence-corrected chi connectivity index (χ2v) is 5.59. The van der Waals surface area contributed by atoms with E-state index < -0.39 is 0 Å². The topological polar surface area (TPSA) is 34.1 Å². The van der Waals surface area contributed by atoms with Crippen molar-refractivity contribution < 1.29 is 4.74 Å². The normalized spacial score (nSPS) is 15.7. The third-order valence-corrected chi connectivity index (χ3v) is 4.08. The van der Waals surface area contributed by atoms with E-state index >= 15 is 0 Å². The van der Waals surface area contributed by atoms with Crippen LogP contribution in [0.1, 0.15) is 32.1 Å². The molecule has 3 rings (SSSR count). The summed E-state index contributed by atoms with van der Waals surface area (Å²) in [6, 6.07) is 12.4. The van der Waals surface area contributed by atoms with Gasteiger partial charge in [0.25, 0.3) is 0 Å². The number of rotatable bonds is 4. The number of benzene rings is 1. The maximum atomic E-state index is 5.96. The minimum Gasteiger partial charge on any atom is -0.474 e. The number of ether oxygens (including phenoxy) is 1. The van der Waals surface area contributed by atoms with Crippen LogP contribution in [0.3, 0.4) is 0 Å². The van der Waals surface area contributed by atoms with Crippen molar-refractivity contribution in [2.75, 3.05) is 12.4 Å². The van der Waals surface area contributed by atoms with E-state index in [1.165, 1.54) is 24.8 Å². The van der Waals surface area contributed by atoms with Crippen molar-refractivity contribution >= 4 is 5.69 Å². The summed E-state index contributed by atoms with van der Waals surface area (Å²) in [5, 5.41) is 3.12. The molecule has 0 radical (unpaired) electrons. The number of hydrogen-bond acceptors (Lipinski definition) is 3. The molecular formula is C18H22N2O. The molecule has 0 spiro atoms. The molecule has 0 amide bonds. The highest BCUT2D eigenvalue weighted by atomic mass is 16.5. The SMILES string of the molecule is CNc1ccc(-c2ccc(OC3CCCCC3)nc2)cc1. The van der Waals surface area contributed by atoms with Crippen LogP contribution in [-0.4, -0.2) is 18.1 Å². The molecule has 3 nitrogen and oxygen atoms in total. The molecule has 110 valence electrons. The first-order valence-electron chi connectivity index (χ1n) is 7.76. The lowest BCUT2D eigenvalue weighted by atomic mass is 9.98. The lowest BCUT2D eigenvalue weighted by molar-refractivity contribution is 0.148. The first-order valence-corrected chi connectivity index (χ1v) is 7.76. The van der Waals surface area contributed by atoms with Crippen LogP contribution in [0.25, 0.3) is 11.1 Å². The Bertz CT molecular complexity index is 557. The smallest absolute Gasteiger partial charge is 0.213 e. The summed E-state index contributed by atoms with van der Waals surface area (Å²) in [7, 11) is 1.92. The third-order valence-electron chi connectivity index (χ3n) is 4.08. The molecule has 0 saturated heterocycles. The zero-order valence-corrected chi connectivity index (χ0v) is 12.5. The van der Waals surface area contributed by atoms with E-state index in [1.807, 2.05) is 19.3 Å². The van der Waals surface area contributed by atoms with Gasteiger partial charge in [-0.15, -0.1) is 0 Å². The number of aromatic nitrogens is 1. The van der Waals surface area contributed by atoms with Gasteiger partial charge < -0.3 is 10.1 Å². The Morgan fingerprint density at radius 1 is 0.952 bits per heavy atom. The van der Waals surface area contributed by atoms with Crippen molar-refractivity contribution in [3.05, 3.63) is 42.6 Å². The number of pyridine rings is 1. The number of hydrogen-bond donors (Lipinski definition) is 1. The van der Waals surface area contributed by atoms with Gasteiger partial charge in [-0.1, -0.05) is 18.6 Å². The zero-order valence-electron chi connectivity index (χ0n) is 12.5. The lowest BCUT2D eigenvalue weighted by Crippen LogP contribution is -2.20. The second kappa shape index (κ2) is 6.61. The average molecular weight is 282 g/mol. The minimum absolute atomic E-state index is 0.354. The van der Waals surface area contributed by atoms with Gasteiger partial charge in [0.15, 0.2) is 0 Å². The molecule has 0 aliphatic heterocycles. The van der Waals surface area contributed by atoms with E-state index in [9.17, 15) is 0 Å². The van der Waals surface area contributed by atoms with Gasteiger partial charge in [0.1, 0.15) is 6.10 Å². The maximum absolute atomic E-state index is 5.96. The van der Waals surface area contributed by atoms with Gasteiger partial charge in [-0.3, -0.25) is 0 Å². The van der Waals surface area contributed by atoms with Gasteiger partial charge in [-0.25, -0.2) is 4.98 Å². The predicted octanol–water partition coefficient (Wildman–Crippen LogP) is 4.50. The average Bonchev–Trinajstić information content (AvgIpc) is 2.57. The minimum atomic E-state index is 0.354. The fourth-order valence-electron chi connectivity index (χ4n) is 2.80. The van der Waals surface area contributed by atoms with Crippen molar-refractivity contribution in [3.8, 4) is 17.0 Å². The van der Waals surface area contributed by atoms with Crippen molar-refractivity contribution in [1.82, 2.24) is 4.98 Å². The summed E-state index contributed by atoms with van der Waals surface area (Å²) in [6.07, 6.45) is 8.47. The molecular weight excluding hydrogens is 260 g/mol. The molecule has 0 bridgehead atoms. The molecule has 2 aromatic rings. The summed E-state index contributed by atoms with van der Waals surface area (Å²) < 4.78 is 5.96. The van der Waals surface area contributed by atoms with E-state index in [0.717, 1.165) is 30.0 Å². The summed E-state index contributed by atoms with van der Waals surface area (Å²) in [6.45, 7) is 0. The molecule has 0 unspecified atom stereocenters. The van der Waals surface area contributed by atoms with E-state index in [2.05, 4.69) is 40.6 Å².